The number of nitrogens with one attached hydrogen (secondary N) is 1. The Morgan fingerprint density at radius 2 is 1.89 bits per heavy atom. The highest BCUT2D eigenvalue weighted by Crippen LogP contribution is 2.39. The van der Waals surface area contributed by atoms with Crippen molar-refractivity contribution in [2.75, 3.05) is 6.61 Å². The Hall–Kier alpha value is -2.66. The summed E-state index contributed by atoms with van der Waals surface area (Å²) in [5, 5.41) is 12.8. The number of rotatable bonds is 7. The van der Waals surface area contributed by atoms with Crippen LogP contribution in [0.4, 0.5) is 0 Å². The maximum atomic E-state index is 12.6. The maximum absolute atomic E-state index is 12.6. The molecule has 0 spiro atoms. The Balaban J connectivity index is 1.41. The lowest BCUT2D eigenvalue weighted by Gasteiger charge is -2.38. The first-order valence-corrected chi connectivity index (χ1v) is 9.91. The Kier molecular flexibility index (Phi) is 5.44. The van der Waals surface area contributed by atoms with Gasteiger partial charge in [0.25, 0.3) is 0 Å². The molecule has 0 radical (unpaired) electrons. The third-order valence-corrected chi connectivity index (χ3v) is 5.69. The van der Waals surface area contributed by atoms with Crippen LogP contribution in [0.3, 0.4) is 0 Å². The minimum absolute atomic E-state index is 0.0268. The molecule has 1 saturated carbocycles. The van der Waals surface area contributed by atoms with Gasteiger partial charge in [-0.05, 0) is 42.0 Å². The number of Topliss-reactive ketones (excluding diaryl/α,β-unsaturated/α-hetero) is 1. The number of carbonyl (C=O) groups excluding carboxylic acids is 2. The van der Waals surface area contributed by atoms with Crippen LogP contribution >= 0.6 is 0 Å². The van der Waals surface area contributed by atoms with E-state index in [1.165, 1.54) is 0 Å². The van der Waals surface area contributed by atoms with E-state index in [4.69, 9.17) is 4.74 Å². The fourth-order valence-electron chi connectivity index (χ4n) is 4.02. The van der Waals surface area contributed by atoms with Crippen LogP contribution < -0.4 is 10.1 Å². The Labute approximate surface area is 164 Å². The summed E-state index contributed by atoms with van der Waals surface area (Å²) < 4.78 is 5.57. The van der Waals surface area contributed by atoms with E-state index in [2.05, 4.69) is 11.4 Å². The second kappa shape index (κ2) is 8.15. The predicted octanol–water partition coefficient (Wildman–Crippen LogP) is 3.21. The average Bonchev–Trinajstić information content (AvgIpc) is 3.16. The number of hydrogen-bond acceptors (Lipinski definition) is 4. The molecule has 2 aromatic rings. The van der Waals surface area contributed by atoms with Crippen molar-refractivity contribution < 1.29 is 19.4 Å². The van der Waals surface area contributed by atoms with Gasteiger partial charge in [0.2, 0.25) is 5.91 Å². The highest BCUT2D eigenvalue weighted by Gasteiger charge is 2.36. The number of amides is 1. The zero-order chi connectivity index (χ0) is 19.5. The van der Waals surface area contributed by atoms with Gasteiger partial charge >= 0.3 is 0 Å². The number of ether oxygens (including phenoxy) is 1. The molecule has 1 aliphatic heterocycles. The van der Waals surface area contributed by atoms with Crippen LogP contribution in [0.25, 0.3) is 0 Å². The third kappa shape index (κ3) is 4.09. The Bertz CT molecular complexity index is 858. The quantitative estimate of drug-likeness (QED) is 0.725. The summed E-state index contributed by atoms with van der Waals surface area (Å²) in [6.07, 6.45) is 2.30. The SMILES string of the molecule is O=C(CCC(=O)c1ccccc1)N[C@@H](c1ccc2c(c1)CCO2)C1CC(O)C1. The number of fused-ring (bicyclic) bond motifs is 1. The van der Waals surface area contributed by atoms with Crippen LogP contribution in [-0.4, -0.2) is 29.5 Å². The molecule has 28 heavy (non-hydrogen) atoms. The summed E-state index contributed by atoms with van der Waals surface area (Å²) in [5.41, 5.74) is 2.84. The van der Waals surface area contributed by atoms with Gasteiger partial charge in [-0.1, -0.05) is 36.4 Å². The molecular formula is C23H25NO4. The molecule has 1 atom stereocenters. The fourth-order valence-corrected chi connectivity index (χ4v) is 4.02. The second-order valence-corrected chi connectivity index (χ2v) is 7.69. The minimum Gasteiger partial charge on any atom is -0.493 e. The molecule has 2 N–H and O–H groups in total. The maximum Gasteiger partial charge on any atom is 0.220 e. The van der Waals surface area contributed by atoms with Crippen molar-refractivity contribution in [2.24, 2.45) is 5.92 Å². The number of aliphatic hydroxyl groups is 1. The van der Waals surface area contributed by atoms with Gasteiger partial charge in [0.15, 0.2) is 5.78 Å². The third-order valence-electron chi connectivity index (χ3n) is 5.69. The lowest BCUT2D eigenvalue weighted by Crippen LogP contribution is -2.41. The summed E-state index contributed by atoms with van der Waals surface area (Å²) in [6, 6.07) is 15.0. The van der Waals surface area contributed by atoms with E-state index in [1.807, 2.05) is 30.3 Å². The largest absolute Gasteiger partial charge is 0.493 e. The topological polar surface area (TPSA) is 75.6 Å². The first-order valence-electron chi connectivity index (χ1n) is 9.91. The normalized spacial score (nSPS) is 21.2. The Morgan fingerprint density at radius 3 is 2.64 bits per heavy atom. The van der Waals surface area contributed by atoms with E-state index in [1.54, 1.807) is 12.1 Å². The van der Waals surface area contributed by atoms with Gasteiger partial charge in [0, 0.05) is 24.8 Å². The molecule has 0 unspecified atom stereocenters. The molecule has 0 aromatic heterocycles. The summed E-state index contributed by atoms with van der Waals surface area (Å²) in [5.74, 6) is 0.966. The number of aliphatic hydroxyl groups excluding tert-OH is 1. The van der Waals surface area contributed by atoms with Gasteiger partial charge in [0.1, 0.15) is 5.75 Å². The molecule has 0 bridgehead atoms. The molecule has 1 aliphatic carbocycles. The standard InChI is InChI=1S/C23H25NO4/c25-19-13-18(14-19)23(17-6-8-21-16(12-17)10-11-28-21)24-22(27)9-7-20(26)15-4-2-1-3-5-15/h1-6,8,12,18-19,23,25H,7,9-11,13-14H2,(H,24,27)/t18?,19?,23-/m0/s1. The van der Waals surface area contributed by atoms with Gasteiger partial charge in [-0.2, -0.15) is 0 Å². The molecular weight excluding hydrogens is 354 g/mol. The molecule has 2 aromatic carbocycles. The van der Waals surface area contributed by atoms with Crippen molar-refractivity contribution in [3.8, 4) is 5.75 Å². The van der Waals surface area contributed by atoms with Gasteiger partial charge in [-0.3, -0.25) is 9.59 Å². The first-order chi connectivity index (χ1) is 13.6. The number of carbonyl (C=O) groups is 2. The van der Waals surface area contributed by atoms with Crippen molar-refractivity contribution in [3.63, 3.8) is 0 Å². The molecule has 1 fully saturated rings. The summed E-state index contributed by atoms with van der Waals surface area (Å²) in [7, 11) is 0. The van der Waals surface area contributed by atoms with E-state index >= 15 is 0 Å². The van der Waals surface area contributed by atoms with Crippen LogP contribution in [0, 0.1) is 5.92 Å². The van der Waals surface area contributed by atoms with E-state index in [0.29, 0.717) is 25.0 Å². The van der Waals surface area contributed by atoms with Crippen molar-refractivity contribution >= 4 is 11.7 Å². The predicted molar refractivity (Wildman–Crippen MR) is 105 cm³/mol. The lowest BCUT2D eigenvalue weighted by molar-refractivity contribution is -0.123. The molecule has 5 heteroatoms. The van der Waals surface area contributed by atoms with Crippen molar-refractivity contribution in [1.82, 2.24) is 5.32 Å². The van der Waals surface area contributed by atoms with Gasteiger partial charge < -0.3 is 15.2 Å². The highest BCUT2D eigenvalue weighted by molar-refractivity contribution is 5.97. The number of benzene rings is 2. The molecule has 0 saturated heterocycles. The van der Waals surface area contributed by atoms with E-state index < -0.39 is 0 Å². The molecule has 5 nitrogen and oxygen atoms in total. The zero-order valence-electron chi connectivity index (χ0n) is 15.8. The van der Waals surface area contributed by atoms with Crippen LogP contribution in [0.2, 0.25) is 0 Å². The van der Waals surface area contributed by atoms with Crippen molar-refractivity contribution in [1.29, 1.82) is 0 Å². The second-order valence-electron chi connectivity index (χ2n) is 7.69. The van der Waals surface area contributed by atoms with Crippen LogP contribution in [0.1, 0.15) is 53.2 Å². The van der Waals surface area contributed by atoms with Crippen LogP contribution in [0.15, 0.2) is 48.5 Å². The monoisotopic (exact) mass is 379 g/mol. The van der Waals surface area contributed by atoms with Gasteiger partial charge in [-0.25, -0.2) is 0 Å². The summed E-state index contributed by atoms with van der Waals surface area (Å²) in [6.45, 7) is 0.694. The number of hydrogen-bond donors (Lipinski definition) is 2. The van der Waals surface area contributed by atoms with Gasteiger partial charge in [-0.15, -0.1) is 0 Å². The highest BCUT2D eigenvalue weighted by atomic mass is 16.5. The minimum atomic E-state index is -0.290. The zero-order valence-corrected chi connectivity index (χ0v) is 15.8. The van der Waals surface area contributed by atoms with E-state index in [9.17, 15) is 14.7 Å². The smallest absolute Gasteiger partial charge is 0.220 e. The van der Waals surface area contributed by atoms with Crippen LogP contribution in [-0.2, 0) is 11.2 Å². The number of ketones is 1. The van der Waals surface area contributed by atoms with Crippen molar-refractivity contribution in [2.45, 2.75) is 44.2 Å². The average molecular weight is 379 g/mol. The van der Waals surface area contributed by atoms with Crippen LogP contribution in [0.5, 0.6) is 5.75 Å². The van der Waals surface area contributed by atoms with E-state index in [0.717, 1.165) is 23.3 Å². The van der Waals surface area contributed by atoms with Crippen molar-refractivity contribution in [3.05, 3.63) is 65.2 Å². The molecule has 1 heterocycles. The molecule has 1 amide bonds. The van der Waals surface area contributed by atoms with Gasteiger partial charge in [0.05, 0.1) is 18.8 Å². The molecule has 2 aliphatic rings. The fraction of sp³-hybridized carbons (Fsp3) is 0.391. The molecule has 4 rings (SSSR count). The molecule has 146 valence electrons. The Morgan fingerprint density at radius 1 is 1.11 bits per heavy atom. The summed E-state index contributed by atoms with van der Waals surface area (Å²) in [4.78, 5) is 24.8. The summed E-state index contributed by atoms with van der Waals surface area (Å²) >= 11 is 0. The first kappa shape index (κ1) is 18.7. The van der Waals surface area contributed by atoms with E-state index in [-0.39, 0.29) is 42.6 Å². The lowest BCUT2D eigenvalue weighted by atomic mass is 9.74.